The predicted octanol–water partition coefficient (Wildman–Crippen LogP) is 4.95. The molecule has 162 valence electrons. The molecule has 0 spiro atoms. The van der Waals surface area contributed by atoms with Gasteiger partial charge in [-0.15, -0.1) is 5.10 Å². The molecule has 1 saturated heterocycles. The first-order valence-corrected chi connectivity index (χ1v) is 11.3. The molecule has 5 heteroatoms. The number of benzene rings is 2. The van der Waals surface area contributed by atoms with Gasteiger partial charge in [-0.05, 0) is 50.6 Å². The molecular weight excluding hydrogens is 394 g/mol. The molecule has 1 fully saturated rings. The van der Waals surface area contributed by atoms with E-state index >= 15 is 0 Å². The van der Waals surface area contributed by atoms with Gasteiger partial charge in [0.2, 0.25) is 0 Å². The SMILES string of the molecule is Cc1ccc(N2CCN(c3nnc(Cc4ccnc(C)c4)c4ccccc34)CC2C)cc1. The largest absolute Gasteiger partial charge is 0.365 e. The minimum atomic E-state index is 0.395. The minimum Gasteiger partial charge on any atom is -0.365 e. The van der Waals surface area contributed by atoms with Crippen molar-refractivity contribution in [2.45, 2.75) is 33.2 Å². The Kier molecular flexibility index (Phi) is 5.48. The summed E-state index contributed by atoms with van der Waals surface area (Å²) in [6.45, 7) is 9.28. The van der Waals surface area contributed by atoms with Crippen LogP contribution in [0.3, 0.4) is 0 Å². The highest BCUT2D eigenvalue weighted by molar-refractivity contribution is 5.93. The maximum absolute atomic E-state index is 4.73. The lowest BCUT2D eigenvalue weighted by molar-refractivity contribution is 0.546. The van der Waals surface area contributed by atoms with E-state index in [0.29, 0.717) is 6.04 Å². The van der Waals surface area contributed by atoms with Crippen LogP contribution in [-0.4, -0.2) is 40.9 Å². The van der Waals surface area contributed by atoms with Crippen LogP contribution in [0.4, 0.5) is 11.5 Å². The summed E-state index contributed by atoms with van der Waals surface area (Å²) in [5.74, 6) is 0.991. The van der Waals surface area contributed by atoms with Crippen molar-refractivity contribution in [3.8, 4) is 0 Å². The minimum absolute atomic E-state index is 0.395. The van der Waals surface area contributed by atoms with Gasteiger partial charge in [0.25, 0.3) is 0 Å². The maximum Gasteiger partial charge on any atom is 0.159 e. The van der Waals surface area contributed by atoms with Crippen LogP contribution in [0.25, 0.3) is 10.8 Å². The molecule has 5 rings (SSSR count). The van der Waals surface area contributed by atoms with Gasteiger partial charge < -0.3 is 9.80 Å². The number of anilines is 2. The fourth-order valence-corrected chi connectivity index (χ4v) is 4.69. The second-order valence-corrected chi connectivity index (χ2v) is 8.82. The van der Waals surface area contributed by atoms with Gasteiger partial charge in [-0.1, -0.05) is 42.0 Å². The van der Waals surface area contributed by atoms with Crippen LogP contribution in [0, 0.1) is 13.8 Å². The number of aromatic nitrogens is 3. The molecular formula is C27H29N5. The highest BCUT2D eigenvalue weighted by Gasteiger charge is 2.26. The smallest absolute Gasteiger partial charge is 0.159 e. The van der Waals surface area contributed by atoms with Gasteiger partial charge in [0.15, 0.2) is 5.82 Å². The number of rotatable bonds is 4. The molecule has 1 unspecified atom stereocenters. The van der Waals surface area contributed by atoms with Gasteiger partial charge >= 0.3 is 0 Å². The Balaban J connectivity index is 1.42. The molecule has 4 aromatic rings. The second kappa shape index (κ2) is 8.58. The fraction of sp³-hybridized carbons (Fsp3) is 0.296. The summed E-state index contributed by atoms with van der Waals surface area (Å²) in [7, 11) is 0. The first kappa shape index (κ1) is 20.4. The second-order valence-electron chi connectivity index (χ2n) is 8.82. The van der Waals surface area contributed by atoms with Crippen molar-refractivity contribution in [1.29, 1.82) is 0 Å². The van der Waals surface area contributed by atoms with Gasteiger partial charge in [-0.3, -0.25) is 4.98 Å². The van der Waals surface area contributed by atoms with Gasteiger partial charge in [-0.2, -0.15) is 5.10 Å². The summed E-state index contributed by atoms with van der Waals surface area (Å²) in [6, 6.07) is 21.9. The summed E-state index contributed by atoms with van der Waals surface area (Å²) in [5, 5.41) is 11.8. The Morgan fingerprint density at radius 1 is 0.906 bits per heavy atom. The third-order valence-electron chi connectivity index (χ3n) is 6.37. The molecule has 1 aliphatic rings. The highest BCUT2D eigenvalue weighted by Crippen LogP contribution is 2.30. The van der Waals surface area contributed by atoms with Gasteiger partial charge in [-0.25, -0.2) is 0 Å². The summed E-state index contributed by atoms with van der Waals surface area (Å²) in [5.41, 5.74) is 5.84. The van der Waals surface area contributed by atoms with Gasteiger partial charge in [0.1, 0.15) is 0 Å². The van der Waals surface area contributed by atoms with Gasteiger partial charge in [0.05, 0.1) is 5.69 Å². The van der Waals surface area contributed by atoms with E-state index in [4.69, 9.17) is 10.2 Å². The standard InChI is InChI=1S/C27H29N5/c1-19-8-10-23(11-9-19)32-15-14-31(18-21(32)3)27-25-7-5-4-6-24(25)26(29-30-27)17-22-12-13-28-20(2)16-22/h4-13,16,21H,14-15,17-18H2,1-3H3. The Labute approximate surface area is 189 Å². The lowest BCUT2D eigenvalue weighted by atomic mass is 10.0. The number of hydrogen-bond donors (Lipinski definition) is 0. The zero-order valence-corrected chi connectivity index (χ0v) is 19.0. The highest BCUT2D eigenvalue weighted by atomic mass is 15.3. The van der Waals surface area contributed by atoms with Crippen molar-refractivity contribution in [3.63, 3.8) is 0 Å². The zero-order valence-electron chi connectivity index (χ0n) is 19.0. The third kappa shape index (κ3) is 4.03. The van der Waals surface area contributed by atoms with E-state index in [1.165, 1.54) is 27.6 Å². The van der Waals surface area contributed by atoms with Crippen molar-refractivity contribution in [2.24, 2.45) is 0 Å². The van der Waals surface area contributed by atoms with E-state index < -0.39 is 0 Å². The summed E-state index contributed by atoms with van der Waals surface area (Å²) in [6.07, 6.45) is 2.62. The van der Waals surface area contributed by atoms with E-state index in [2.05, 4.69) is 89.3 Å². The maximum atomic E-state index is 4.73. The van der Waals surface area contributed by atoms with Crippen LogP contribution in [0.15, 0.2) is 66.9 Å². The molecule has 0 aliphatic carbocycles. The number of aryl methyl sites for hydroxylation is 2. The molecule has 0 saturated carbocycles. The Bertz CT molecular complexity index is 1230. The normalized spacial score (nSPS) is 16.5. The molecule has 0 N–H and O–H groups in total. The molecule has 0 bridgehead atoms. The van der Waals surface area contributed by atoms with E-state index in [0.717, 1.165) is 43.3 Å². The van der Waals surface area contributed by atoms with Crippen LogP contribution in [-0.2, 0) is 6.42 Å². The predicted molar refractivity (Wildman–Crippen MR) is 132 cm³/mol. The Morgan fingerprint density at radius 3 is 2.44 bits per heavy atom. The van der Waals surface area contributed by atoms with Crippen LogP contribution in [0.1, 0.15) is 29.4 Å². The quantitative estimate of drug-likeness (QED) is 0.465. The summed E-state index contributed by atoms with van der Waals surface area (Å²) >= 11 is 0. The zero-order chi connectivity index (χ0) is 22.1. The monoisotopic (exact) mass is 423 g/mol. The number of pyridine rings is 1. The molecule has 0 amide bonds. The van der Waals surface area contributed by atoms with E-state index in [9.17, 15) is 0 Å². The van der Waals surface area contributed by atoms with E-state index in [1.807, 2.05) is 13.1 Å². The van der Waals surface area contributed by atoms with Crippen molar-refractivity contribution in [2.75, 3.05) is 29.4 Å². The van der Waals surface area contributed by atoms with E-state index in [-0.39, 0.29) is 0 Å². The average Bonchev–Trinajstić information content (AvgIpc) is 2.80. The first-order valence-electron chi connectivity index (χ1n) is 11.3. The Morgan fingerprint density at radius 2 is 1.69 bits per heavy atom. The summed E-state index contributed by atoms with van der Waals surface area (Å²) < 4.78 is 0. The molecule has 0 radical (unpaired) electrons. The van der Waals surface area contributed by atoms with Crippen molar-refractivity contribution >= 4 is 22.3 Å². The number of nitrogens with zero attached hydrogens (tertiary/aromatic N) is 5. The molecule has 3 heterocycles. The number of piperazine rings is 1. The lowest BCUT2D eigenvalue weighted by Crippen LogP contribution is -2.52. The van der Waals surface area contributed by atoms with Crippen molar-refractivity contribution in [3.05, 3.63) is 89.4 Å². The molecule has 32 heavy (non-hydrogen) atoms. The van der Waals surface area contributed by atoms with Crippen LogP contribution < -0.4 is 9.80 Å². The van der Waals surface area contributed by atoms with Crippen LogP contribution in [0.2, 0.25) is 0 Å². The van der Waals surface area contributed by atoms with Crippen molar-refractivity contribution < 1.29 is 0 Å². The molecule has 1 aliphatic heterocycles. The molecule has 1 atom stereocenters. The van der Waals surface area contributed by atoms with Crippen LogP contribution in [0.5, 0.6) is 0 Å². The van der Waals surface area contributed by atoms with Crippen LogP contribution >= 0.6 is 0 Å². The average molecular weight is 424 g/mol. The number of fused-ring (bicyclic) bond motifs is 1. The third-order valence-corrected chi connectivity index (χ3v) is 6.37. The van der Waals surface area contributed by atoms with Crippen molar-refractivity contribution in [1.82, 2.24) is 15.2 Å². The van der Waals surface area contributed by atoms with E-state index in [1.54, 1.807) is 0 Å². The molecule has 2 aromatic carbocycles. The topological polar surface area (TPSA) is 45.2 Å². The number of hydrogen-bond acceptors (Lipinski definition) is 5. The molecule has 2 aromatic heterocycles. The summed E-state index contributed by atoms with van der Waals surface area (Å²) in [4.78, 5) is 9.20. The first-order chi connectivity index (χ1) is 15.6. The fourth-order valence-electron chi connectivity index (χ4n) is 4.69. The van der Waals surface area contributed by atoms with Gasteiger partial charge in [0, 0.05) is 60.4 Å². The Hall–Kier alpha value is -3.47. The molecule has 5 nitrogen and oxygen atoms in total. The lowest BCUT2D eigenvalue weighted by Gasteiger charge is -2.42.